The van der Waals surface area contributed by atoms with Crippen LogP contribution in [0.5, 0.6) is 11.5 Å². The summed E-state index contributed by atoms with van der Waals surface area (Å²) in [4.78, 5) is 24.0. The number of amides is 1. The van der Waals surface area contributed by atoms with Crippen molar-refractivity contribution in [1.82, 2.24) is 9.88 Å². The number of benzene rings is 2. The van der Waals surface area contributed by atoms with Gasteiger partial charge in [0.1, 0.15) is 6.54 Å². The van der Waals surface area contributed by atoms with Crippen LogP contribution in [-0.4, -0.2) is 28.9 Å². The topological polar surface area (TPSA) is 103 Å². The Balaban J connectivity index is 1.33. The van der Waals surface area contributed by atoms with E-state index in [1.165, 1.54) is 4.57 Å². The van der Waals surface area contributed by atoms with E-state index in [1.807, 2.05) is 0 Å². The second kappa shape index (κ2) is 7.16. The number of hydrogen-bond donors (Lipinski definition) is 2. The molecular formula is C19H18N2O6. The van der Waals surface area contributed by atoms with Crippen LogP contribution in [0.3, 0.4) is 0 Å². The number of aliphatic hydroxyl groups is 1. The number of para-hydroxylation sites is 2. The summed E-state index contributed by atoms with van der Waals surface area (Å²) in [5.74, 6) is 0.340. The molecule has 2 heterocycles. The van der Waals surface area contributed by atoms with Gasteiger partial charge in [0, 0.05) is 6.54 Å². The van der Waals surface area contributed by atoms with Gasteiger partial charge >= 0.3 is 5.76 Å². The zero-order valence-corrected chi connectivity index (χ0v) is 14.4. The van der Waals surface area contributed by atoms with Crippen molar-refractivity contribution in [2.75, 3.05) is 13.3 Å². The van der Waals surface area contributed by atoms with Crippen molar-refractivity contribution >= 4 is 17.0 Å². The molecule has 0 fully saturated rings. The van der Waals surface area contributed by atoms with Crippen LogP contribution in [0.4, 0.5) is 0 Å². The Labute approximate surface area is 153 Å². The van der Waals surface area contributed by atoms with Crippen molar-refractivity contribution in [3.05, 3.63) is 58.6 Å². The minimum absolute atomic E-state index is 0.143. The van der Waals surface area contributed by atoms with Gasteiger partial charge < -0.3 is 24.3 Å². The Morgan fingerprint density at radius 3 is 2.89 bits per heavy atom. The maximum Gasteiger partial charge on any atom is 0.420 e. The Hall–Kier alpha value is -3.26. The fraction of sp³-hybridized carbons (Fsp3) is 0.263. The summed E-state index contributed by atoms with van der Waals surface area (Å²) >= 11 is 0. The van der Waals surface area contributed by atoms with Gasteiger partial charge in [0.05, 0.1) is 11.6 Å². The molecule has 0 unspecified atom stereocenters. The summed E-state index contributed by atoms with van der Waals surface area (Å²) in [5.41, 5.74) is 1.69. The molecule has 140 valence electrons. The van der Waals surface area contributed by atoms with E-state index in [2.05, 4.69) is 5.32 Å². The van der Waals surface area contributed by atoms with Crippen LogP contribution in [0.1, 0.15) is 18.1 Å². The number of carbonyl (C=O) groups excluding carboxylic acids is 1. The largest absolute Gasteiger partial charge is 0.454 e. The van der Waals surface area contributed by atoms with E-state index < -0.39 is 11.9 Å². The van der Waals surface area contributed by atoms with Crippen LogP contribution in [0.2, 0.25) is 0 Å². The molecule has 8 nitrogen and oxygen atoms in total. The van der Waals surface area contributed by atoms with Gasteiger partial charge in [-0.2, -0.15) is 0 Å². The lowest BCUT2D eigenvalue weighted by molar-refractivity contribution is -0.121. The highest BCUT2D eigenvalue weighted by atomic mass is 16.7. The van der Waals surface area contributed by atoms with Gasteiger partial charge in [-0.25, -0.2) is 4.79 Å². The lowest BCUT2D eigenvalue weighted by atomic mass is 10.1. The number of hydrogen-bond acceptors (Lipinski definition) is 6. The molecule has 3 aromatic rings. The second-order valence-corrected chi connectivity index (χ2v) is 6.19. The van der Waals surface area contributed by atoms with Gasteiger partial charge in [-0.05, 0) is 36.2 Å². The molecule has 27 heavy (non-hydrogen) atoms. The highest BCUT2D eigenvalue weighted by Gasteiger charge is 2.17. The average Bonchev–Trinajstić information content (AvgIpc) is 3.25. The Morgan fingerprint density at radius 2 is 2.00 bits per heavy atom. The third-order valence-corrected chi connectivity index (χ3v) is 4.40. The van der Waals surface area contributed by atoms with Crippen LogP contribution in [-0.2, 0) is 11.3 Å². The van der Waals surface area contributed by atoms with Crippen molar-refractivity contribution in [1.29, 1.82) is 0 Å². The van der Waals surface area contributed by atoms with E-state index in [4.69, 9.17) is 13.9 Å². The van der Waals surface area contributed by atoms with Gasteiger partial charge in [-0.1, -0.05) is 18.2 Å². The summed E-state index contributed by atoms with van der Waals surface area (Å²) in [6.45, 7) is 0.294. The van der Waals surface area contributed by atoms with E-state index in [0.717, 1.165) is 0 Å². The molecule has 1 amide bonds. The first-order chi connectivity index (χ1) is 13.1. The highest BCUT2D eigenvalue weighted by molar-refractivity contribution is 5.79. The quantitative estimate of drug-likeness (QED) is 0.683. The van der Waals surface area contributed by atoms with Crippen LogP contribution in [0.15, 0.2) is 51.7 Å². The number of aliphatic hydroxyl groups excluding tert-OH is 1. The third-order valence-electron chi connectivity index (χ3n) is 4.40. The Bertz CT molecular complexity index is 1040. The zero-order chi connectivity index (χ0) is 18.8. The van der Waals surface area contributed by atoms with Crippen molar-refractivity contribution < 1.29 is 23.8 Å². The molecule has 0 saturated carbocycles. The summed E-state index contributed by atoms with van der Waals surface area (Å²) in [6, 6.07) is 12.2. The lowest BCUT2D eigenvalue weighted by Crippen LogP contribution is -2.32. The molecular weight excluding hydrogens is 352 g/mol. The number of fused-ring (bicyclic) bond motifs is 2. The molecule has 8 heteroatoms. The minimum atomic E-state index is -0.753. The van der Waals surface area contributed by atoms with E-state index in [9.17, 15) is 14.7 Å². The SMILES string of the molecule is O=C(Cn1c(=O)oc2ccccc21)NCC[C@H](O)c1ccc2c(c1)OCO2. The van der Waals surface area contributed by atoms with E-state index >= 15 is 0 Å². The first-order valence-corrected chi connectivity index (χ1v) is 8.54. The van der Waals surface area contributed by atoms with E-state index in [0.29, 0.717) is 34.6 Å². The molecule has 1 aliphatic heterocycles. The van der Waals surface area contributed by atoms with Gasteiger partial charge in [-0.15, -0.1) is 0 Å². The van der Waals surface area contributed by atoms with Crippen molar-refractivity contribution in [2.24, 2.45) is 0 Å². The van der Waals surface area contributed by atoms with Crippen molar-refractivity contribution in [2.45, 2.75) is 19.1 Å². The van der Waals surface area contributed by atoms with Crippen LogP contribution in [0.25, 0.3) is 11.1 Å². The lowest BCUT2D eigenvalue weighted by Gasteiger charge is -2.12. The fourth-order valence-electron chi connectivity index (χ4n) is 3.00. The molecule has 2 N–H and O–H groups in total. The summed E-state index contributed by atoms with van der Waals surface area (Å²) in [5, 5.41) is 13.0. The predicted molar refractivity (Wildman–Crippen MR) is 95.6 cm³/mol. The summed E-state index contributed by atoms with van der Waals surface area (Å²) in [7, 11) is 0. The second-order valence-electron chi connectivity index (χ2n) is 6.19. The molecule has 1 aromatic heterocycles. The average molecular weight is 370 g/mol. The first kappa shape index (κ1) is 17.2. The number of carbonyl (C=O) groups is 1. The fourth-order valence-corrected chi connectivity index (χ4v) is 3.00. The zero-order valence-electron chi connectivity index (χ0n) is 14.4. The molecule has 2 aromatic carbocycles. The number of aromatic nitrogens is 1. The maximum atomic E-state index is 12.1. The Morgan fingerprint density at radius 1 is 1.19 bits per heavy atom. The molecule has 1 aliphatic rings. The van der Waals surface area contributed by atoms with Crippen LogP contribution in [0, 0.1) is 0 Å². The summed E-state index contributed by atoms with van der Waals surface area (Å²) in [6.07, 6.45) is -0.427. The Kier molecular flexibility index (Phi) is 4.55. The highest BCUT2D eigenvalue weighted by Crippen LogP contribution is 2.34. The number of nitrogens with zero attached hydrogens (tertiary/aromatic N) is 1. The number of ether oxygens (including phenoxy) is 2. The minimum Gasteiger partial charge on any atom is -0.454 e. The smallest absolute Gasteiger partial charge is 0.420 e. The summed E-state index contributed by atoms with van der Waals surface area (Å²) < 4.78 is 16.9. The van der Waals surface area contributed by atoms with E-state index in [1.54, 1.807) is 42.5 Å². The van der Waals surface area contributed by atoms with Crippen molar-refractivity contribution in [3.63, 3.8) is 0 Å². The first-order valence-electron chi connectivity index (χ1n) is 8.54. The monoisotopic (exact) mass is 370 g/mol. The molecule has 0 radical (unpaired) electrons. The standard InChI is InChI=1S/C19H18N2O6/c22-14(12-5-6-16-17(9-12)26-11-25-16)7-8-20-18(23)10-21-13-3-1-2-4-15(13)27-19(21)24/h1-6,9,14,22H,7-8,10-11H2,(H,20,23)/t14-/m0/s1. The van der Waals surface area contributed by atoms with Crippen LogP contribution >= 0.6 is 0 Å². The van der Waals surface area contributed by atoms with Gasteiger partial charge in [0.2, 0.25) is 12.7 Å². The van der Waals surface area contributed by atoms with Crippen molar-refractivity contribution in [3.8, 4) is 11.5 Å². The molecule has 0 aliphatic carbocycles. The number of oxazole rings is 1. The number of rotatable bonds is 6. The molecule has 0 bridgehead atoms. The van der Waals surface area contributed by atoms with Crippen LogP contribution < -0.4 is 20.5 Å². The number of nitrogens with one attached hydrogen (secondary N) is 1. The van der Waals surface area contributed by atoms with Gasteiger partial charge in [0.15, 0.2) is 17.1 Å². The molecule has 4 rings (SSSR count). The molecule has 0 spiro atoms. The maximum absolute atomic E-state index is 12.1. The van der Waals surface area contributed by atoms with E-state index in [-0.39, 0.29) is 25.8 Å². The molecule has 0 saturated heterocycles. The third kappa shape index (κ3) is 3.52. The normalized spacial score (nSPS) is 13.7. The predicted octanol–water partition coefficient (Wildman–Crippen LogP) is 1.56. The van der Waals surface area contributed by atoms with Gasteiger partial charge in [0.25, 0.3) is 0 Å². The molecule has 1 atom stereocenters. The van der Waals surface area contributed by atoms with Gasteiger partial charge in [-0.3, -0.25) is 9.36 Å².